The van der Waals surface area contributed by atoms with Crippen LogP contribution < -0.4 is 16.0 Å². The minimum atomic E-state index is -4.76. The third-order valence-electron chi connectivity index (χ3n) is 21.6. The lowest BCUT2D eigenvalue weighted by molar-refractivity contribution is -0.160. The molecule has 24 nitrogen and oxygen atoms in total. The number of amides is 12. The number of carbonyl (C=O) groups excluding carboxylic acids is 12. The highest BCUT2D eigenvalue weighted by atomic mass is 35.5. The molecule has 0 aromatic heterocycles. The van der Waals surface area contributed by atoms with Crippen molar-refractivity contribution < 1.29 is 70.7 Å². The average Bonchev–Trinajstić information content (AvgIpc) is 1.29. The summed E-state index contributed by atoms with van der Waals surface area (Å²) in [7, 11) is 12.8. The Morgan fingerprint density at radius 2 is 1.28 bits per heavy atom. The van der Waals surface area contributed by atoms with E-state index in [0.29, 0.717) is 32.1 Å². The number of alkyl halides is 3. The molecule has 1 aromatic rings. The Balaban J connectivity index is 1.43. The van der Waals surface area contributed by atoms with Crippen LogP contribution in [0.4, 0.5) is 13.2 Å². The van der Waals surface area contributed by atoms with Crippen LogP contribution in [-0.4, -0.2) is 251 Å². The van der Waals surface area contributed by atoms with Crippen LogP contribution in [0.2, 0.25) is 5.02 Å². The summed E-state index contributed by atoms with van der Waals surface area (Å²) >= 11 is 6.13. The van der Waals surface area contributed by atoms with Crippen molar-refractivity contribution in [2.45, 2.75) is 236 Å². The molecule has 548 valence electrons. The normalized spacial score (nSPS) is 27.6. The van der Waals surface area contributed by atoms with E-state index in [1.165, 1.54) is 118 Å². The molecule has 3 aliphatic carbocycles. The number of aryl methyl sites for hydroxylation is 1. The molecule has 10 atom stereocenters. The number of rotatable bonds is 11. The van der Waals surface area contributed by atoms with Crippen molar-refractivity contribution in [1.82, 2.24) is 60.0 Å². The molecule has 0 bridgehead atoms. The summed E-state index contributed by atoms with van der Waals surface area (Å²) in [4.78, 5) is 189. The van der Waals surface area contributed by atoms with Gasteiger partial charge >= 0.3 is 6.18 Å². The number of carbonyl (C=O) groups is 12. The molecular weight excluding hydrogens is 1290 g/mol. The molecule has 12 amide bonds. The highest BCUT2D eigenvalue weighted by Gasteiger charge is 2.51. The van der Waals surface area contributed by atoms with Crippen LogP contribution in [0.1, 0.15) is 175 Å². The van der Waals surface area contributed by atoms with Gasteiger partial charge in [-0.3, -0.25) is 57.5 Å². The van der Waals surface area contributed by atoms with E-state index in [1.54, 1.807) is 6.92 Å². The molecule has 5 fully saturated rings. The van der Waals surface area contributed by atoms with E-state index in [0.717, 1.165) is 66.9 Å². The van der Waals surface area contributed by atoms with Crippen molar-refractivity contribution in [2.75, 3.05) is 76.5 Å². The molecule has 1 aromatic carbocycles. The van der Waals surface area contributed by atoms with Gasteiger partial charge in [-0.2, -0.15) is 13.2 Å². The van der Waals surface area contributed by atoms with Gasteiger partial charge in [-0.1, -0.05) is 110 Å². The molecule has 3 N–H and O–H groups in total. The molecule has 6 rings (SSSR count). The van der Waals surface area contributed by atoms with Gasteiger partial charge in [-0.05, 0) is 113 Å². The molecule has 1 spiro atoms. The Morgan fingerprint density at radius 1 is 0.673 bits per heavy atom. The molecule has 1 unspecified atom stereocenters. The van der Waals surface area contributed by atoms with Crippen LogP contribution in [-0.2, 0) is 70.1 Å². The van der Waals surface area contributed by atoms with Crippen LogP contribution in [0.3, 0.4) is 0 Å². The highest BCUT2D eigenvalue weighted by molar-refractivity contribution is 6.31. The quantitative estimate of drug-likeness (QED) is 0.248. The number of halogens is 4. The van der Waals surface area contributed by atoms with Gasteiger partial charge in [0.05, 0.1) is 23.6 Å². The number of hydrogen-bond donors (Lipinski definition) is 3. The number of nitrogens with zero attached hydrogens (tertiary/aromatic N) is 9. The zero-order valence-corrected chi connectivity index (χ0v) is 61.0. The molecule has 2 heterocycles. The lowest BCUT2D eigenvalue weighted by Gasteiger charge is -2.45. The number of likely N-dealkylation sites (N-methyl/N-ethyl adjacent to an activating group) is 8. The third kappa shape index (κ3) is 18.9. The van der Waals surface area contributed by atoms with Gasteiger partial charge in [0.1, 0.15) is 59.9 Å². The number of fused-ring (bicyclic) bond motifs is 1. The molecule has 2 saturated heterocycles. The first-order valence-electron chi connectivity index (χ1n) is 35.0. The van der Waals surface area contributed by atoms with Crippen LogP contribution in [0.5, 0.6) is 0 Å². The molecule has 5 aliphatic rings. The second kappa shape index (κ2) is 34.3. The molecule has 28 heteroatoms. The van der Waals surface area contributed by atoms with Gasteiger partial charge in [-0.15, -0.1) is 0 Å². The lowest BCUT2D eigenvalue weighted by atomic mass is 9.84. The summed E-state index contributed by atoms with van der Waals surface area (Å²) in [5.74, 6) is -9.07. The van der Waals surface area contributed by atoms with Gasteiger partial charge in [-0.25, -0.2) is 0 Å². The van der Waals surface area contributed by atoms with Gasteiger partial charge in [0.2, 0.25) is 70.9 Å². The van der Waals surface area contributed by atoms with Gasteiger partial charge < -0.3 is 60.0 Å². The molecular formula is C70H108ClF3N12O12. The zero-order chi connectivity index (χ0) is 73.2. The van der Waals surface area contributed by atoms with Crippen molar-refractivity contribution in [3.63, 3.8) is 0 Å². The van der Waals surface area contributed by atoms with E-state index < -0.39 is 172 Å². The van der Waals surface area contributed by atoms with Gasteiger partial charge in [0, 0.05) is 70.0 Å². The molecule has 0 radical (unpaired) electrons. The maximum Gasteiger partial charge on any atom is 0.417 e. The SMILES string of the molecule is CC[C@H](C)[C@@H]1NC(=O)[C@H](CC(C)C)N(C)C(=O)C[C@@H](C(=O)N(C)C)N(C)C(=O)[C@H](C2CCCC2)N(C)C(=O)C2(CCCC2)NC(=O)[C@H](C)N(C)C(=O)[C@H](CCc2ccc(C(F)(F)F)c(Cl)c2)NC(=O)CN(C)C(=O)[C@H](CC2CCCCC2)N(C)C(=O)C2CCN2C(=O)[C@H](C)N(C)C1=O. The Bertz CT molecular complexity index is 3080. The number of benzene rings is 1. The van der Waals surface area contributed by atoms with Crippen molar-refractivity contribution in [3.8, 4) is 0 Å². The summed E-state index contributed by atoms with van der Waals surface area (Å²) < 4.78 is 41.5. The van der Waals surface area contributed by atoms with Crippen molar-refractivity contribution >= 4 is 82.5 Å². The first-order valence-corrected chi connectivity index (χ1v) is 35.4. The maximum atomic E-state index is 15.4. The van der Waals surface area contributed by atoms with E-state index in [9.17, 15) is 61.1 Å². The fraction of sp³-hybridized carbons (Fsp3) is 0.743. The topological polar surface area (TPSA) is 270 Å². The largest absolute Gasteiger partial charge is 0.417 e. The van der Waals surface area contributed by atoms with Crippen LogP contribution >= 0.6 is 11.6 Å². The Morgan fingerprint density at radius 3 is 1.83 bits per heavy atom. The summed E-state index contributed by atoms with van der Waals surface area (Å²) in [5.41, 5.74) is -2.40. The summed E-state index contributed by atoms with van der Waals surface area (Å²) in [6, 6.07) is -8.08. The van der Waals surface area contributed by atoms with Gasteiger partial charge in [0.15, 0.2) is 0 Å². The van der Waals surface area contributed by atoms with Crippen LogP contribution in [0.15, 0.2) is 18.2 Å². The van der Waals surface area contributed by atoms with Crippen LogP contribution in [0, 0.1) is 23.7 Å². The second-order valence-corrected chi connectivity index (χ2v) is 29.5. The minimum Gasteiger partial charge on any atom is -0.347 e. The minimum absolute atomic E-state index is 0.0180. The summed E-state index contributed by atoms with van der Waals surface area (Å²) in [5, 5.41) is 8.00. The third-order valence-corrected chi connectivity index (χ3v) is 21.9. The molecule has 98 heavy (non-hydrogen) atoms. The predicted molar refractivity (Wildman–Crippen MR) is 362 cm³/mol. The zero-order valence-electron chi connectivity index (χ0n) is 60.2. The molecule has 2 aliphatic heterocycles. The summed E-state index contributed by atoms with van der Waals surface area (Å²) in [6.07, 6.45) is 3.43. The average molecular weight is 1400 g/mol. The van der Waals surface area contributed by atoms with Gasteiger partial charge in [0.25, 0.3) is 0 Å². The highest BCUT2D eigenvalue weighted by Crippen LogP contribution is 2.39. The van der Waals surface area contributed by atoms with E-state index in [2.05, 4.69) is 16.0 Å². The predicted octanol–water partition coefficient (Wildman–Crippen LogP) is 5.50. The van der Waals surface area contributed by atoms with Crippen molar-refractivity contribution in [1.29, 1.82) is 0 Å². The smallest absolute Gasteiger partial charge is 0.347 e. The standard InChI is InChI=1S/C70H108ClF3N12O12/c1-16-42(4)57-66(96)81(11)44(6)61(91)86-35-32-51(86)65(95)83(13)53(38-45-24-18-17-19-25-45)64(94)79(9)40-55(87)75-50(31-29-46-28-30-48(49(71)37-46)70(72,73)74)62(92)80(10)43(5)59(89)77-69(33-22-23-34-69)68(98)85(15)58(47-26-20-21-27-47)67(97)84(14)54(63(93)78(7)8)39-56(88)82(12)52(36-41(2)3)60(90)76-57/h28,30,37,41-45,47,50-54,57-58H,16-27,29,31-36,38-40H2,1-15H3,(H,75,87)(H,76,90)(H,77,89)/t42-,43-,44-,50-,51?,52-,53-,54-,57-,58-/m0/s1. The van der Waals surface area contributed by atoms with Crippen LogP contribution in [0.25, 0.3) is 0 Å². The number of hydrogen-bond acceptors (Lipinski definition) is 12. The Kier molecular flexibility index (Phi) is 28.0. The first kappa shape index (κ1) is 79.9. The maximum absolute atomic E-state index is 15.4. The fourth-order valence-electron chi connectivity index (χ4n) is 14.7. The fourth-order valence-corrected chi connectivity index (χ4v) is 15.0. The number of nitrogens with one attached hydrogen (secondary N) is 3. The van der Waals surface area contributed by atoms with E-state index in [-0.39, 0.29) is 68.9 Å². The molecule has 3 saturated carbocycles. The first-order chi connectivity index (χ1) is 45.9. The van der Waals surface area contributed by atoms with Crippen molar-refractivity contribution in [2.24, 2.45) is 23.7 Å². The second-order valence-electron chi connectivity index (χ2n) is 29.1. The lowest BCUT2D eigenvalue weighted by Crippen LogP contribution is -2.65. The monoisotopic (exact) mass is 1400 g/mol. The Labute approximate surface area is 581 Å². The summed E-state index contributed by atoms with van der Waals surface area (Å²) in [6.45, 7) is 9.76. The van der Waals surface area contributed by atoms with E-state index >= 15 is 9.59 Å². The van der Waals surface area contributed by atoms with E-state index in [4.69, 9.17) is 11.6 Å². The van der Waals surface area contributed by atoms with Crippen molar-refractivity contribution in [3.05, 3.63) is 34.3 Å². The van der Waals surface area contributed by atoms with E-state index in [1.807, 2.05) is 20.8 Å². The Hall–Kier alpha value is -7.06.